The van der Waals surface area contributed by atoms with Crippen LogP contribution in [0.2, 0.25) is 0 Å². The van der Waals surface area contributed by atoms with Crippen molar-refractivity contribution in [3.05, 3.63) is 151 Å². The van der Waals surface area contributed by atoms with Crippen molar-refractivity contribution in [1.82, 2.24) is 0 Å². The fourth-order valence-corrected chi connectivity index (χ4v) is 2.69. The van der Waals surface area contributed by atoms with Gasteiger partial charge in [-0.2, -0.15) is 0 Å². The average Bonchev–Trinajstić information content (AvgIpc) is 2.73. The predicted octanol–water partition coefficient (Wildman–Crippen LogP) is 8.51. The maximum Gasteiger partial charge on any atom is -0.0100 e. The van der Waals surface area contributed by atoms with Gasteiger partial charge in [0.05, 0.1) is 0 Å². The van der Waals surface area contributed by atoms with Crippen LogP contribution >= 0.6 is 0 Å². The van der Waals surface area contributed by atoms with Crippen molar-refractivity contribution in [3.8, 4) is 0 Å². The zero-order chi connectivity index (χ0) is 21.5. The summed E-state index contributed by atoms with van der Waals surface area (Å²) in [6.07, 6.45) is 22.8. The van der Waals surface area contributed by atoms with Crippen molar-refractivity contribution in [2.24, 2.45) is 0 Å². The van der Waals surface area contributed by atoms with Gasteiger partial charge in [-0.1, -0.05) is 122 Å². The fraction of sp³-hybridized carbons (Fsp3) is 0.103. The van der Waals surface area contributed by atoms with E-state index in [1.807, 2.05) is 55.5 Å². The Labute approximate surface area is 177 Å². The SMILES string of the molecule is C=C/C=C(\C=C/C)C(=C)/C(=C/C=C(C)\C=C\C=C(\C=C)CC=C)c1ccccc1. The van der Waals surface area contributed by atoms with E-state index >= 15 is 0 Å². The lowest BCUT2D eigenvalue weighted by Crippen LogP contribution is -1.92. The second-order valence-corrected chi connectivity index (χ2v) is 6.49. The minimum Gasteiger partial charge on any atom is -0.103 e. The Balaban J connectivity index is 3.27. The Morgan fingerprint density at radius 1 is 0.931 bits per heavy atom. The quantitative estimate of drug-likeness (QED) is 0.266. The van der Waals surface area contributed by atoms with Gasteiger partial charge < -0.3 is 0 Å². The molecule has 1 aromatic rings. The Bertz CT molecular complexity index is 891. The molecule has 1 rings (SSSR count). The van der Waals surface area contributed by atoms with Crippen LogP contribution in [0, 0.1) is 0 Å². The molecule has 0 fully saturated rings. The molecule has 0 radical (unpaired) electrons. The molecule has 29 heavy (non-hydrogen) atoms. The number of benzene rings is 1. The van der Waals surface area contributed by atoms with Crippen LogP contribution in [0.25, 0.3) is 5.57 Å². The summed E-state index contributed by atoms with van der Waals surface area (Å²) in [7, 11) is 0. The third-order valence-corrected chi connectivity index (χ3v) is 4.23. The van der Waals surface area contributed by atoms with Gasteiger partial charge in [-0.3, -0.25) is 0 Å². The lowest BCUT2D eigenvalue weighted by molar-refractivity contribution is 1.30. The molecular formula is C29H32. The highest BCUT2D eigenvalue weighted by atomic mass is 14.1. The van der Waals surface area contributed by atoms with Crippen LogP contribution in [0.1, 0.15) is 25.8 Å². The van der Waals surface area contributed by atoms with Crippen LogP contribution < -0.4 is 0 Å². The Kier molecular flexibility index (Phi) is 11.2. The molecule has 0 saturated carbocycles. The molecule has 0 heteroatoms. The van der Waals surface area contributed by atoms with Crippen molar-refractivity contribution in [3.63, 3.8) is 0 Å². The van der Waals surface area contributed by atoms with Gasteiger partial charge >= 0.3 is 0 Å². The number of hydrogen-bond acceptors (Lipinski definition) is 0. The van der Waals surface area contributed by atoms with Crippen molar-refractivity contribution >= 4 is 5.57 Å². The van der Waals surface area contributed by atoms with Crippen LogP contribution in [0.15, 0.2) is 146 Å². The van der Waals surface area contributed by atoms with Gasteiger partial charge in [0.25, 0.3) is 0 Å². The number of allylic oxidation sites excluding steroid dienone is 16. The summed E-state index contributed by atoms with van der Waals surface area (Å²) in [5, 5.41) is 0. The summed E-state index contributed by atoms with van der Waals surface area (Å²) >= 11 is 0. The van der Waals surface area contributed by atoms with E-state index in [-0.39, 0.29) is 0 Å². The molecule has 0 aliphatic carbocycles. The first-order valence-corrected chi connectivity index (χ1v) is 9.77. The Morgan fingerprint density at radius 2 is 1.66 bits per heavy atom. The standard InChI is InChI=1S/C29H32/c1-7-15-26(10-4)19-14-18-24(5)22-23-29(28-20-12-11-13-21-28)25(6)27(16-8-2)17-9-3/h7-14,16-23H,1-2,4,6,15H2,3,5H3/b17-9-,18-14+,24-22-,26-19-,27-16+,29-23-. The van der Waals surface area contributed by atoms with Gasteiger partial charge in [-0.05, 0) is 48.1 Å². The van der Waals surface area contributed by atoms with E-state index in [2.05, 4.69) is 75.8 Å². The van der Waals surface area contributed by atoms with Gasteiger partial charge in [0.2, 0.25) is 0 Å². The first kappa shape index (κ1) is 23.7. The monoisotopic (exact) mass is 380 g/mol. The molecule has 0 bridgehead atoms. The summed E-state index contributed by atoms with van der Waals surface area (Å²) in [6, 6.07) is 10.3. The summed E-state index contributed by atoms with van der Waals surface area (Å²) in [5.74, 6) is 0. The topological polar surface area (TPSA) is 0 Å². The normalized spacial score (nSPS) is 13.7. The molecule has 0 amide bonds. The third kappa shape index (κ3) is 8.45. The van der Waals surface area contributed by atoms with Crippen LogP contribution in [0.4, 0.5) is 0 Å². The second-order valence-electron chi connectivity index (χ2n) is 6.49. The lowest BCUT2D eigenvalue weighted by Gasteiger charge is -2.12. The highest BCUT2D eigenvalue weighted by Crippen LogP contribution is 2.28. The molecule has 0 heterocycles. The minimum atomic E-state index is 0.817. The summed E-state index contributed by atoms with van der Waals surface area (Å²) in [5.41, 5.74) is 6.50. The minimum absolute atomic E-state index is 0.817. The molecule has 0 aliphatic rings. The van der Waals surface area contributed by atoms with E-state index in [4.69, 9.17) is 0 Å². The lowest BCUT2D eigenvalue weighted by atomic mass is 9.92. The molecule has 0 nitrogen and oxygen atoms in total. The van der Waals surface area contributed by atoms with Gasteiger partial charge in [0.15, 0.2) is 0 Å². The van der Waals surface area contributed by atoms with E-state index in [9.17, 15) is 0 Å². The molecule has 0 aliphatic heterocycles. The maximum absolute atomic E-state index is 4.35. The van der Waals surface area contributed by atoms with E-state index < -0.39 is 0 Å². The molecule has 148 valence electrons. The molecule has 0 spiro atoms. The van der Waals surface area contributed by atoms with Crippen molar-refractivity contribution < 1.29 is 0 Å². The summed E-state index contributed by atoms with van der Waals surface area (Å²) < 4.78 is 0. The highest BCUT2D eigenvalue weighted by Gasteiger charge is 2.08. The largest absolute Gasteiger partial charge is 0.103 e. The molecule has 0 aromatic heterocycles. The van der Waals surface area contributed by atoms with Crippen LogP contribution in [-0.2, 0) is 0 Å². The number of rotatable bonds is 11. The molecule has 0 atom stereocenters. The Hall–Kier alpha value is -3.38. The smallest absolute Gasteiger partial charge is 0.0100 e. The number of hydrogen-bond donors (Lipinski definition) is 0. The van der Waals surface area contributed by atoms with Gasteiger partial charge in [0, 0.05) is 0 Å². The van der Waals surface area contributed by atoms with Gasteiger partial charge in [-0.25, -0.2) is 0 Å². The van der Waals surface area contributed by atoms with Gasteiger partial charge in [0.1, 0.15) is 0 Å². The van der Waals surface area contributed by atoms with Crippen LogP contribution in [0.3, 0.4) is 0 Å². The fourth-order valence-electron chi connectivity index (χ4n) is 2.69. The Morgan fingerprint density at radius 3 is 2.24 bits per heavy atom. The van der Waals surface area contributed by atoms with Crippen molar-refractivity contribution in [2.45, 2.75) is 20.3 Å². The highest BCUT2D eigenvalue weighted by molar-refractivity contribution is 5.85. The van der Waals surface area contributed by atoms with Gasteiger partial charge in [-0.15, -0.1) is 6.58 Å². The average molecular weight is 381 g/mol. The maximum atomic E-state index is 4.35. The van der Waals surface area contributed by atoms with E-state index in [0.29, 0.717) is 0 Å². The molecule has 0 N–H and O–H groups in total. The summed E-state index contributed by atoms with van der Waals surface area (Å²) in [6.45, 7) is 19.9. The van der Waals surface area contributed by atoms with E-state index in [1.54, 1.807) is 6.08 Å². The molecule has 0 unspecified atom stereocenters. The van der Waals surface area contributed by atoms with Crippen LogP contribution in [0.5, 0.6) is 0 Å². The zero-order valence-corrected chi connectivity index (χ0v) is 17.8. The predicted molar refractivity (Wildman–Crippen MR) is 133 cm³/mol. The van der Waals surface area contributed by atoms with Crippen LogP contribution in [-0.4, -0.2) is 0 Å². The first-order valence-electron chi connectivity index (χ1n) is 9.77. The second kappa shape index (κ2) is 13.7. The molecule has 0 saturated heterocycles. The molecule has 1 aromatic carbocycles. The van der Waals surface area contributed by atoms with E-state index in [1.165, 1.54) is 0 Å². The van der Waals surface area contributed by atoms with E-state index in [0.717, 1.165) is 39.8 Å². The van der Waals surface area contributed by atoms with Crippen molar-refractivity contribution in [2.75, 3.05) is 0 Å². The summed E-state index contributed by atoms with van der Waals surface area (Å²) in [4.78, 5) is 0. The van der Waals surface area contributed by atoms with Crippen molar-refractivity contribution in [1.29, 1.82) is 0 Å². The zero-order valence-electron chi connectivity index (χ0n) is 17.8. The molecular weight excluding hydrogens is 348 g/mol. The third-order valence-electron chi connectivity index (χ3n) is 4.23. The first-order chi connectivity index (χ1) is 14.1.